The molecule has 0 unspecified atom stereocenters. The van der Waals surface area contributed by atoms with Gasteiger partial charge >= 0.3 is 5.97 Å². The molecular formula is C21H23NO4S. The quantitative estimate of drug-likeness (QED) is 0.536. The van der Waals surface area contributed by atoms with Gasteiger partial charge in [0.05, 0.1) is 18.4 Å². The molecule has 0 radical (unpaired) electrons. The van der Waals surface area contributed by atoms with Gasteiger partial charge in [-0.05, 0) is 42.7 Å². The van der Waals surface area contributed by atoms with Gasteiger partial charge in [-0.15, -0.1) is 11.8 Å². The molecule has 2 aromatic carbocycles. The standard InChI is InChI=1S/C21H23NO4S/c1-25-17-10-8-16(9-11-17)14-26-21(24)18-6-2-3-7-19(18)27-15-20(23)22-12-4-5-13-22/h2-3,6-11H,4-5,12-15H2,1H3. The first-order chi connectivity index (χ1) is 13.2. The number of carbonyl (C=O) groups excluding carboxylic acids is 2. The van der Waals surface area contributed by atoms with E-state index >= 15 is 0 Å². The molecule has 0 atom stereocenters. The molecule has 3 rings (SSSR count). The molecule has 5 nitrogen and oxygen atoms in total. The van der Waals surface area contributed by atoms with Gasteiger partial charge in [-0.2, -0.15) is 0 Å². The fourth-order valence-corrected chi connectivity index (χ4v) is 3.85. The van der Waals surface area contributed by atoms with Crippen LogP contribution in [0.4, 0.5) is 0 Å². The third-order valence-electron chi connectivity index (χ3n) is 4.45. The molecule has 2 aromatic rings. The highest BCUT2D eigenvalue weighted by Crippen LogP contribution is 2.25. The lowest BCUT2D eigenvalue weighted by Crippen LogP contribution is -2.29. The zero-order valence-electron chi connectivity index (χ0n) is 15.3. The van der Waals surface area contributed by atoms with Gasteiger partial charge in [0.2, 0.25) is 5.91 Å². The third-order valence-corrected chi connectivity index (χ3v) is 5.50. The van der Waals surface area contributed by atoms with Gasteiger partial charge < -0.3 is 14.4 Å². The van der Waals surface area contributed by atoms with Gasteiger partial charge in [0.25, 0.3) is 0 Å². The van der Waals surface area contributed by atoms with Crippen molar-refractivity contribution >= 4 is 23.6 Å². The van der Waals surface area contributed by atoms with Crippen LogP contribution in [0.2, 0.25) is 0 Å². The Morgan fingerprint density at radius 2 is 1.74 bits per heavy atom. The number of thioether (sulfide) groups is 1. The summed E-state index contributed by atoms with van der Waals surface area (Å²) in [7, 11) is 1.61. The number of amides is 1. The largest absolute Gasteiger partial charge is 0.497 e. The summed E-state index contributed by atoms with van der Waals surface area (Å²) in [5, 5.41) is 0. The minimum absolute atomic E-state index is 0.124. The smallest absolute Gasteiger partial charge is 0.339 e. The van der Waals surface area contributed by atoms with Crippen LogP contribution in [-0.2, 0) is 16.1 Å². The Morgan fingerprint density at radius 1 is 1.04 bits per heavy atom. The first-order valence-corrected chi connectivity index (χ1v) is 9.95. The van der Waals surface area contributed by atoms with Crippen molar-refractivity contribution in [2.24, 2.45) is 0 Å². The second-order valence-electron chi connectivity index (χ2n) is 6.30. The van der Waals surface area contributed by atoms with E-state index in [0.717, 1.165) is 42.1 Å². The van der Waals surface area contributed by atoms with Crippen LogP contribution in [-0.4, -0.2) is 42.7 Å². The van der Waals surface area contributed by atoms with E-state index in [1.54, 1.807) is 19.2 Å². The number of ether oxygens (including phenoxy) is 2. The fourth-order valence-electron chi connectivity index (χ4n) is 2.91. The number of methoxy groups -OCH3 is 1. The summed E-state index contributed by atoms with van der Waals surface area (Å²) in [5.41, 5.74) is 1.38. The monoisotopic (exact) mass is 385 g/mol. The van der Waals surface area contributed by atoms with Gasteiger partial charge in [-0.3, -0.25) is 4.79 Å². The Balaban J connectivity index is 1.58. The molecule has 0 spiro atoms. The van der Waals surface area contributed by atoms with Crippen LogP contribution in [0.25, 0.3) is 0 Å². The van der Waals surface area contributed by atoms with Crippen molar-refractivity contribution in [3.63, 3.8) is 0 Å². The molecule has 0 N–H and O–H groups in total. The highest BCUT2D eigenvalue weighted by molar-refractivity contribution is 8.00. The van der Waals surface area contributed by atoms with E-state index in [-0.39, 0.29) is 18.5 Å². The molecule has 1 heterocycles. The van der Waals surface area contributed by atoms with Crippen molar-refractivity contribution in [2.75, 3.05) is 26.0 Å². The maximum atomic E-state index is 12.5. The first kappa shape index (κ1) is 19.3. The Morgan fingerprint density at radius 3 is 2.44 bits per heavy atom. The van der Waals surface area contributed by atoms with E-state index in [4.69, 9.17) is 9.47 Å². The van der Waals surface area contributed by atoms with Crippen LogP contribution >= 0.6 is 11.8 Å². The van der Waals surface area contributed by atoms with E-state index in [1.165, 1.54) is 11.8 Å². The topological polar surface area (TPSA) is 55.8 Å². The van der Waals surface area contributed by atoms with E-state index in [0.29, 0.717) is 11.3 Å². The highest BCUT2D eigenvalue weighted by atomic mass is 32.2. The van der Waals surface area contributed by atoms with Gasteiger partial charge in [-0.1, -0.05) is 24.3 Å². The minimum Gasteiger partial charge on any atom is -0.497 e. The molecule has 1 amide bonds. The molecule has 1 aliphatic heterocycles. The highest BCUT2D eigenvalue weighted by Gasteiger charge is 2.19. The van der Waals surface area contributed by atoms with Gasteiger partial charge in [-0.25, -0.2) is 4.79 Å². The van der Waals surface area contributed by atoms with Crippen LogP contribution < -0.4 is 4.74 Å². The second-order valence-corrected chi connectivity index (χ2v) is 7.31. The van der Waals surface area contributed by atoms with Crippen LogP contribution in [0.3, 0.4) is 0 Å². The Bertz CT molecular complexity index is 785. The summed E-state index contributed by atoms with van der Waals surface area (Å²) in [6.07, 6.45) is 2.15. The number of hydrogen-bond donors (Lipinski definition) is 0. The predicted octanol–water partition coefficient (Wildman–Crippen LogP) is 3.77. The SMILES string of the molecule is COc1ccc(COC(=O)c2ccccc2SCC(=O)N2CCCC2)cc1. The lowest BCUT2D eigenvalue weighted by atomic mass is 10.2. The maximum Gasteiger partial charge on any atom is 0.339 e. The fraction of sp³-hybridized carbons (Fsp3) is 0.333. The van der Waals surface area contributed by atoms with E-state index < -0.39 is 0 Å². The Labute approximate surface area is 163 Å². The summed E-state index contributed by atoms with van der Waals surface area (Å²) < 4.78 is 10.6. The molecule has 0 aliphatic carbocycles. The number of hydrogen-bond acceptors (Lipinski definition) is 5. The normalized spacial score (nSPS) is 13.4. The maximum absolute atomic E-state index is 12.5. The molecule has 0 aromatic heterocycles. The number of carbonyl (C=O) groups is 2. The predicted molar refractivity (Wildman–Crippen MR) is 105 cm³/mol. The molecule has 1 aliphatic rings. The molecule has 27 heavy (non-hydrogen) atoms. The molecule has 142 valence electrons. The van der Waals surface area contributed by atoms with Crippen LogP contribution in [0.1, 0.15) is 28.8 Å². The van der Waals surface area contributed by atoms with Crippen LogP contribution in [0.5, 0.6) is 5.75 Å². The van der Waals surface area contributed by atoms with Crippen molar-refractivity contribution in [1.29, 1.82) is 0 Å². The molecule has 0 saturated carbocycles. The molecule has 0 bridgehead atoms. The van der Waals surface area contributed by atoms with Crippen molar-refractivity contribution in [3.05, 3.63) is 59.7 Å². The number of benzene rings is 2. The van der Waals surface area contributed by atoms with E-state index in [1.807, 2.05) is 41.3 Å². The summed E-state index contributed by atoms with van der Waals surface area (Å²) in [5.74, 6) is 0.832. The van der Waals surface area contributed by atoms with Crippen LogP contribution in [0.15, 0.2) is 53.4 Å². The second kappa shape index (κ2) is 9.46. The van der Waals surface area contributed by atoms with Crippen molar-refractivity contribution in [1.82, 2.24) is 4.90 Å². The first-order valence-electron chi connectivity index (χ1n) is 8.97. The van der Waals surface area contributed by atoms with Gasteiger partial charge in [0.15, 0.2) is 0 Å². The lowest BCUT2D eigenvalue weighted by molar-refractivity contribution is -0.127. The molecule has 1 fully saturated rings. The van der Waals surface area contributed by atoms with Crippen molar-refractivity contribution < 1.29 is 19.1 Å². The van der Waals surface area contributed by atoms with Crippen molar-refractivity contribution in [2.45, 2.75) is 24.3 Å². The average Bonchev–Trinajstić information content (AvgIpc) is 3.26. The van der Waals surface area contributed by atoms with E-state index in [9.17, 15) is 9.59 Å². The third kappa shape index (κ3) is 5.26. The molecule has 6 heteroatoms. The summed E-state index contributed by atoms with van der Waals surface area (Å²) in [4.78, 5) is 27.4. The summed E-state index contributed by atoms with van der Waals surface area (Å²) in [6, 6.07) is 14.6. The lowest BCUT2D eigenvalue weighted by Gasteiger charge is -2.15. The zero-order chi connectivity index (χ0) is 19.1. The number of likely N-dealkylation sites (tertiary alicyclic amines) is 1. The Hall–Kier alpha value is -2.47. The minimum atomic E-state index is -0.387. The molecular weight excluding hydrogens is 362 g/mol. The zero-order valence-corrected chi connectivity index (χ0v) is 16.2. The average molecular weight is 385 g/mol. The number of rotatable bonds is 7. The summed E-state index contributed by atoms with van der Waals surface area (Å²) in [6.45, 7) is 1.87. The number of esters is 1. The van der Waals surface area contributed by atoms with Gasteiger partial charge in [0.1, 0.15) is 12.4 Å². The molecule has 1 saturated heterocycles. The van der Waals surface area contributed by atoms with E-state index in [2.05, 4.69) is 0 Å². The number of nitrogens with zero attached hydrogens (tertiary/aromatic N) is 1. The Kier molecular flexibility index (Phi) is 6.76. The summed E-state index contributed by atoms with van der Waals surface area (Å²) >= 11 is 1.39. The van der Waals surface area contributed by atoms with Crippen molar-refractivity contribution in [3.8, 4) is 5.75 Å². The van der Waals surface area contributed by atoms with Crippen LogP contribution in [0, 0.1) is 0 Å². The van der Waals surface area contributed by atoms with Gasteiger partial charge in [0, 0.05) is 18.0 Å².